The van der Waals surface area contributed by atoms with Gasteiger partial charge < -0.3 is 9.26 Å². The highest BCUT2D eigenvalue weighted by Crippen LogP contribution is 2.42. The summed E-state index contributed by atoms with van der Waals surface area (Å²) in [4.78, 5) is 12.5. The van der Waals surface area contributed by atoms with E-state index in [1.165, 1.54) is 30.3 Å². The molecule has 0 saturated heterocycles. The molecule has 4 aromatic rings. The lowest BCUT2D eigenvalue weighted by atomic mass is 10.0. The molecule has 0 N–H and O–H groups in total. The highest BCUT2D eigenvalue weighted by atomic mass is 19.4. The van der Waals surface area contributed by atoms with Gasteiger partial charge in [-0.25, -0.2) is 18.3 Å². The van der Waals surface area contributed by atoms with Crippen molar-refractivity contribution >= 4 is 5.97 Å². The Hall–Kier alpha value is -4.02. The Bertz CT molecular complexity index is 1310. The topological polar surface area (TPSA) is 70.2 Å². The maximum absolute atomic E-state index is 14.3. The molecule has 164 valence electrons. The number of esters is 1. The summed E-state index contributed by atoms with van der Waals surface area (Å²) in [6.07, 6.45) is -4.19. The second-order valence-electron chi connectivity index (χ2n) is 6.50. The van der Waals surface area contributed by atoms with Crippen LogP contribution in [0.2, 0.25) is 0 Å². The van der Waals surface area contributed by atoms with Gasteiger partial charge in [0.05, 0.1) is 24.6 Å². The van der Waals surface area contributed by atoms with Crippen LogP contribution in [0, 0.1) is 11.6 Å². The molecule has 0 atom stereocenters. The van der Waals surface area contributed by atoms with Crippen molar-refractivity contribution in [3.05, 3.63) is 77.6 Å². The summed E-state index contributed by atoms with van der Waals surface area (Å²) in [5, 5.41) is 7.34. The number of carbonyl (C=O) groups is 1. The molecular formula is C21H12F5N3O3. The van der Waals surface area contributed by atoms with E-state index in [-0.39, 0.29) is 16.9 Å². The molecule has 0 unspecified atom stereocenters. The quantitative estimate of drug-likeness (QED) is 0.313. The van der Waals surface area contributed by atoms with Gasteiger partial charge in [-0.3, -0.25) is 0 Å². The van der Waals surface area contributed by atoms with E-state index >= 15 is 0 Å². The number of rotatable bonds is 4. The van der Waals surface area contributed by atoms with E-state index in [9.17, 15) is 26.7 Å². The monoisotopic (exact) mass is 449 g/mol. The molecule has 32 heavy (non-hydrogen) atoms. The normalized spacial score (nSPS) is 11.6. The number of alkyl halides is 3. The average Bonchev–Trinajstić information content (AvgIpc) is 3.38. The Morgan fingerprint density at radius 1 is 1.06 bits per heavy atom. The van der Waals surface area contributed by atoms with Crippen LogP contribution < -0.4 is 0 Å². The minimum atomic E-state index is -4.99. The van der Waals surface area contributed by atoms with Crippen LogP contribution in [0.3, 0.4) is 0 Å². The summed E-state index contributed by atoms with van der Waals surface area (Å²) in [5.74, 6) is -3.26. The fourth-order valence-electron chi connectivity index (χ4n) is 3.19. The molecule has 0 aliphatic rings. The summed E-state index contributed by atoms with van der Waals surface area (Å²) in [7, 11) is 1.01. The Kier molecular flexibility index (Phi) is 5.25. The zero-order valence-corrected chi connectivity index (χ0v) is 16.2. The Balaban J connectivity index is 1.99. The summed E-state index contributed by atoms with van der Waals surface area (Å²) in [6, 6.07) is 9.59. The number of methoxy groups -OCH3 is 1. The lowest BCUT2D eigenvalue weighted by Crippen LogP contribution is -2.15. The van der Waals surface area contributed by atoms with Crippen LogP contribution in [-0.4, -0.2) is 28.0 Å². The van der Waals surface area contributed by atoms with Gasteiger partial charge in [0.25, 0.3) is 0 Å². The molecule has 0 aliphatic heterocycles. The molecule has 0 fully saturated rings. The average molecular weight is 449 g/mol. The lowest BCUT2D eigenvalue weighted by molar-refractivity contribution is -0.142. The van der Waals surface area contributed by atoms with E-state index in [2.05, 4.69) is 15.0 Å². The van der Waals surface area contributed by atoms with Crippen molar-refractivity contribution in [2.24, 2.45) is 0 Å². The highest BCUT2D eigenvalue weighted by molar-refractivity contribution is 6.02. The minimum Gasteiger partial charge on any atom is -0.465 e. The van der Waals surface area contributed by atoms with Gasteiger partial charge in [-0.1, -0.05) is 23.4 Å². The summed E-state index contributed by atoms with van der Waals surface area (Å²) < 4.78 is 80.2. The number of aromatic nitrogens is 3. The number of benzene rings is 2. The zero-order valence-electron chi connectivity index (χ0n) is 16.2. The van der Waals surface area contributed by atoms with E-state index in [1.54, 1.807) is 0 Å². The third-order valence-electron chi connectivity index (χ3n) is 4.55. The standard InChI is InChI=1S/C21H12F5N3O3/c1-31-20(30)16-17(13-7-2-3-8-15(13)23)28-32-18(16)14-10-27-29(19(14)21(24,25)26)12-6-4-5-11(22)9-12/h2-10H,1H3. The molecule has 11 heteroatoms. The second-order valence-corrected chi connectivity index (χ2v) is 6.50. The molecule has 0 spiro atoms. The Labute approximate surface area is 176 Å². The first-order valence-corrected chi connectivity index (χ1v) is 8.96. The van der Waals surface area contributed by atoms with E-state index in [1.807, 2.05) is 0 Å². The van der Waals surface area contributed by atoms with Crippen LogP contribution in [0.25, 0.3) is 28.3 Å². The van der Waals surface area contributed by atoms with Gasteiger partial charge in [-0.2, -0.15) is 18.3 Å². The fourth-order valence-corrected chi connectivity index (χ4v) is 3.19. The lowest BCUT2D eigenvalue weighted by Gasteiger charge is -2.12. The molecule has 2 aromatic heterocycles. The third kappa shape index (κ3) is 3.61. The summed E-state index contributed by atoms with van der Waals surface area (Å²) in [5.41, 5.74) is -3.23. The van der Waals surface area contributed by atoms with Crippen molar-refractivity contribution in [3.8, 4) is 28.3 Å². The summed E-state index contributed by atoms with van der Waals surface area (Å²) in [6.45, 7) is 0. The fraction of sp³-hybridized carbons (Fsp3) is 0.0952. The van der Waals surface area contributed by atoms with Gasteiger partial charge in [-0.05, 0) is 30.3 Å². The third-order valence-corrected chi connectivity index (χ3v) is 4.55. The number of hydrogen-bond acceptors (Lipinski definition) is 5. The van der Waals surface area contributed by atoms with Crippen LogP contribution in [0.15, 0.2) is 59.3 Å². The first-order valence-electron chi connectivity index (χ1n) is 8.96. The molecule has 0 amide bonds. The van der Waals surface area contributed by atoms with E-state index < -0.39 is 46.4 Å². The number of carbonyl (C=O) groups excluding carboxylic acids is 1. The van der Waals surface area contributed by atoms with Crippen molar-refractivity contribution in [1.82, 2.24) is 14.9 Å². The Morgan fingerprint density at radius 3 is 2.47 bits per heavy atom. The van der Waals surface area contributed by atoms with Crippen molar-refractivity contribution in [2.45, 2.75) is 6.18 Å². The van der Waals surface area contributed by atoms with Gasteiger partial charge in [-0.15, -0.1) is 0 Å². The van der Waals surface area contributed by atoms with Crippen LogP contribution in [0.4, 0.5) is 22.0 Å². The van der Waals surface area contributed by atoms with Crippen molar-refractivity contribution in [3.63, 3.8) is 0 Å². The molecular weight excluding hydrogens is 437 g/mol. The number of nitrogens with zero attached hydrogens (tertiary/aromatic N) is 3. The zero-order chi connectivity index (χ0) is 23.0. The molecule has 4 rings (SSSR count). The van der Waals surface area contributed by atoms with Crippen molar-refractivity contribution in [2.75, 3.05) is 7.11 Å². The van der Waals surface area contributed by atoms with Gasteiger partial charge >= 0.3 is 12.1 Å². The first kappa shape index (κ1) is 21.2. The maximum Gasteiger partial charge on any atom is 0.434 e. The van der Waals surface area contributed by atoms with Crippen LogP contribution >= 0.6 is 0 Å². The van der Waals surface area contributed by atoms with Crippen LogP contribution in [0.5, 0.6) is 0 Å². The van der Waals surface area contributed by atoms with Crippen LogP contribution in [0.1, 0.15) is 16.1 Å². The molecule has 2 heterocycles. The van der Waals surface area contributed by atoms with E-state index in [0.717, 1.165) is 31.5 Å². The molecule has 0 aliphatic carbocycles. The molecule has 6 nitrogen and oxygen atoms in total. The molecule has 0 saturated carbocycles. The van der Waals surface area contributed by atoms with Crippen molar-refractivity contribution < 1.29 is 36.0 Å². The number of hydrogen-bond donors (Lipinski definition) is 0. The van der Waals surface area contributed by atoms with Gasteiger partial charge in [0.1, 0.15) is 22.9 Å². The summed E-state index contributed by atoms with van der Waals surface area (Å²) >= 11 is 0. The highest BCUT2D eigenvalue weighted by Gasteiger charge is 2.42. The predicted octanol–water partition coefficient (Wildman–Crippen LogP) is 5.28. The minimum absolute atomic E-state index is 0.172. The van der Waals surface area contributed by atoms with Gasteiger partial charge in [0, 0.05) is 5.56 Å². The molecule has 0 radical (unpaired) electrons. The molecule has 2 aromatic carbocycles. The largest absolute Gasteiger partial charge is 0.465 e. The SMILES string of the molecule is COC(=O)c1c(-c2ccccc2F)noc1-c1cnn(-c2cccc(F)c2)c1C(F)(F)F. The van der Waals surface area contributed by atoms with Crippen molar-refractivity contribution in [1.29, 1.82) is 0 Å². The number of halogens is 5. The maximum atomic E-state index is 14.3. The molecule has 0 bridgehead atoms. The Morgan fingerprint density at radius 2 is 1.81 bits per heavy atom. The van der Waals surface area contributed by atoms with Gasteiger partial charge in [0.2, 0.25) is 0 Å². The first-order chi connectivity index (χ1) is 15.2. The smallest absolute Gasteiger partial charge is 0.434 e. The van der Waals surface area contributed by atoms with Gasteiger partial charge in [0.15, 0.2) is 11.5 Å². The van der Waals surface area contributed by atoms with E-state index in [4.69, 9.17) is 4.52 Å². The van der Waals surface area contributed by atoms with E-state index in [0.29, 0.717) is 4.68 Å². The predicted molar refractivity (Wildman–Crippen MR) is 101 cm³/mol. The second kappa shape index (κ2) is 7.91. The van der Waals surface area contributed by atoms with Crippen LogP contribution in [-0.2, 0) is 10.9 Å². The number of ether oxygens (including phenoxy) is 1.